The van der Waals surface area contributed by atoms with E-state index in [1.807, 2.05) is 6.92 Å². The van der Waals surface area contributed by atoms with E-state index in [4.69, 9.17) is 10.5 Å². The van der Waals surface area contributed by atoms with Crippen molar-refractivity contribution in [2.75, 3.05) is 5.73 Å². The Balaban J connectivity index is 2.10. The summed E-state index contributed by atoms with van der Waals surface area (Å²) < 4.78 is 8.32. The van der Waals surface area contributed by atoms with Gasteiger partial charge in [-0.3, -0.25) is 0 Å². The number of hydrogen-bond donors (Lipinski definition) is 3. The van der Waals surface area contributed by atoms with Gasteiger partial charge in [0.05, 0.1) is 11.5 Å². The minimum atomic E-state index is -0.998. The maximum Gasteiger partial charge on any atom is 0.164 e. The van der Waals surface area contributed by atoms with E-state index < -0.39 is 18.4 Å². The van der Waals surface area contributed by atoms with Gasteiger partial charge in [-0.25, -0.2) is 9.97 Å². The number of ether oxygens (including phenoxy) is 1. The Kier molecular flexibility index (Phi) is 3.56. The van der Waals surface area contributed by atoms with Crippen LogP contribution in [0.15, 0.2) is 12.5 Å². The Bertz CT molecular complexity index is 647. The summed E-state index contributed by atoms with van der Waals surface area (Å²) >= 11 is 2.14. The van der Waals surface area contributed by atoms with Gasteiger partial charge in [0.15, 0.2) is 6.23 Å². The first kappa shape index (κ1) is 14.0. The molecule has 4 atom stereocenters. The lowest BCUT2D eigenvalue weighted by Gasteiger charge is -2.17. The molecule has 2 aromatic rings. The SMILES string of the molecule is CC[C@H]1OC(n2cc(I)c3c(N)ncnc32)[C@H](O)[C@@H]1O. The van der Waals surface area contributed by atoms with Crippen LogP contribution in [-0.4, -0.2) is 43.1 Å². The number of hydrogen-bond acceptors (Lipinski definition) is 6. The van der Waals surface area contributed by atoms with Crippen molar-refractivity contribution < 1.29 is 14.9 Å². The van der Waals surface area contributed by atoms with E-state index in [1.165, 1.54) is 6.33 Å². The molecular formula is C12H15IN4O3. The highest BCUT2D eigenvalue weighted by Gasteiger charge is 2.43. The van der Waals surface area contributed by atoms with Crippen LogP contribution in [0.2, 0.25) is 0 Å². The van der Waals surface area contributed by atoms with Gasteiger partial charge in [0.2, 0.25) is 0 Å². The second-order valence-corrected chi connectivity index (χ2v) is 5.96. The number of nitrogen functional groups attached to an aromatic ring is 1. The Morgan fingerprint density at radius 3 is 2.80 bits per heavy atom. The molecule has 20 heavy (non-hydrogen) atoms. The summed E-state index contributed by atoms with van der Waals surface area (Å²) in [7, 11) is 0. The van der Waals surface area contributed by atoms with Crippen molar-refractivity contribution in [2.24, 2.45) is 0 Å². The van der Waals surface area contributed by atoms with Gasteiger partial charge in [0.1, 0.15) is 30.0 Å². The minimum absolute atomic E-state index is 0.385. The van der Waals surface area contributed by atoms with E-state index >= 15 is 0 Å². The largest absolute Gasteiger partial charge is 0.388 e. The fraction of sp³-hybridized carbons (Fsp3) is 0.500. The Hall–Kier alpha value is -0.970. The van der Waals surface area contributed by atoms with Crippen LogP contribution in [0.5, 0.6) is 0 Å². The molecule has 1 aliphatic heterocycles. The third kappa shape index (κ3) is 1.98. The van der Waals surface area contributed by atoms with Crippen molar-refractivity contribution >= 4 is 39.4 Å². The van der Waals surface area contributed by atoms with Gasteiger partial charge in [0.25, 0.3) is 0 Å². The first-order chi connectivity index (χ1) is 9.54. The molecule has 108 valence electrons. The second kappa shape index (κ2) is 5.10. The highest BCUT2D eigenvalue weighted by Crippen LogP contribution is 2.35. The summed E-state index contributed by atoms with van der Waals surface area (Å²) in [4.78, 5) is 8.18. The highest BCUT2D eigenvalue weighted by atomic mass is 127. The van der Waals surface area contributed by atoms with Crippen LogP contribution in [0.3, 0.4) is 0 Å². The average Bonchev–Trinajstić information content (AvgIpc) is 2.90. The molecule has 0 saturated carbocycles. The van der Waals surface area contributed by atoms with Gasteiger partial charge in [-0.05, 0) is 29.0 Å². The zero-order chi connectivity index (χ0) is 14.4. The fourth-order valence-corrected chi connectivity index (χ4v) is 3.37. The second-order valence-electron chi connectivity index (χ2n) is 4.80. The van der Waals surface area contributed by atoms with Crippen molar-refractivity contribution in [3.05, 3.63) is 16.1 Å². The topological polar surface area (TPSA) is 106 Å². The molecule has 0 aliphatic carbocycles. The molecular weight excluding hydrogens is 375 g/mol. The average molecular weight is 390 g/mol. The predicted octanol–water partition coefficient (Wildman–Crippen LogP) is 0.647. The smallest absolute Gasteiger partial charge is 0.164 e. The van der Waals surface area contributed by atoms with Crippen molar-refractivity contribution in [1.29, 1.82) is 0 Å². The number of aliphatic hydroxyl groups is 2. The number of fused-ring (bicyclic) bond motifs is 1. The van der Waals surface area contributed by atoms with Crippen molar-refractivity contribution in [3.8, 4) is 0 Å². The monoisotopic (exact) mass is 390 g/mol. The van der Waals surface area contributed by atoms with Gasteiger partial charge >= 0.3 is 0 Å². The normalized spacial score (nSPS) is 30.2. The molecule has 4 N–H and O–H groups in total. The lowest BCUT2D eigenvalue weighted by Crippen LogP contribution is -2.31. The molecule has 3 rings (SSSR count). The Morgan fingerprint density at radius 1 is 1.40 bits per heavy atom. The summed E-state index contributed by atoms with van der Waals surface area (Å²) in [6.45, 7) is 1.90. The van der Waals surface area contributed by atoms with E-state index in [1.54, 1.807) is 10.8 Å². The van der Waals surface area contributed by atoms with Crippen molar-refractivity contribution in [1.82, 2.24) is 14.5 Å². The van der Waals surface area contributed by atoms with E-state index in [-0.39, 0.29) is 6.10 Å². The third-order valence-electron chi connectivity index (χ3n) is 3.61. The van der Waals surface area contributed by atoms with Crippen LogP contribution in [0.4, 0.5) is 5.82 Å². The van der Waals surface area contributed by atoms with E-state index in [2.05, 4.69) is 32.6 Å². The van der Waals surface area contributed by atoms with E-state index in [9.17, 15) is 10.2 Å². The molecule has 0 bridgehead atoms. The van der Waals surface area contributed by atoms with E-state index in [0.717, 1.165) is 8.96 Å². The molecule has 0 aromatic carbocycles. The number of rotatable bonds is 2. The summed E-state index contributed by atoms with van der Waals surface area (Å²) in [6.07, 6.45) is 0.845. The number of nitrogens with two attached hydrogens (primary N) is 1. The zero-order valence-electron chi connectivity index (χ0n) is 10.8. The Morgan fingerprint density at radius 2 is 2.15 bits per heavy atom. The van der Waals surface area contributed by atoms with Crippen LogP contribution in [0, 0.1) is 3.57 Å². The van der Waals surface area contributed by atoms with Gasteiger partial charge in [-0.15, -0.1) is 0 Å². The number of anilines is 1. The lowest BCUT2D eigenvalue weighted by molar-refractivity contribution is -0.0353. The standard InChI is InChI=1S/C12H15IN4O3/c1-2-6-8(18)9(19)12(20-6)17-3-5(13)7-10(14)15-4-16-11(7)17/h3-4,6,8-9,12,18-19H,2H2,1H3,(H2,14,15,16)/t6-,8-,9-,12?/m1/s1. The van der Waals surface area contributed by atoms with Gasteiger partial charge in [0, 0.05) is 9.77 Å². The summed E-state index contributed by atoms with van der Waals surface area (Å²) in [5.41, 5.74) is 6.46. The molecule has 7 nitrogen and oxygen atoms in total. The molecule has 1 aliphatic rings. The van der Waals surface area contributed by atoms with Gasteiger partial charge < -0.3 is 25.3 Å². The number of halogens is 1. The van der Waals surface area contributed by atoms with Crippen molar-refractivity contribution in [2.45, 2.75) is 37.9 Å². The fourth-order valence-electron chi connectivity index (χ4n) is 2.55. The molecule has 3 heterocycles. The number of nitrogens with zero attached hydrogens (tertiary/aromatic N) is 3. The predicted molar refractivity (Wildman–Crippen MR) is 80.9 cm³/mol. The van der Waals surface area contributed by atoms with Crippen LogP contribution in [-0.2, 0) is 4.74 Å². The molecule has 0 amide bonds. The number of aromatic nitrogens is 3. The minimum Gasteiger partial charge on any atom is -0.388 e. The molecule has 0 spiro atoms. The highest BCUT2D eigenvalue weighted by molar-refractivity contribution is 14.1. The summed E-state index contributed by atoms with van der Waals surface area (Å²) in [5.74, 6) is 0.387. The molecule has 1 fully saturated rings. The molecule has 1 saturated heterocycles. The van der Waals surface area contributed by atoms with Crippen LogP contribution in [0.25, 0.3) is 11.0 Å². The maximum atomic E-state index is 10.2. The van der Waals surface area contributed by atoms with Gasteiger partial charge in [-0.2, -0.15) is 0 Å². The third-order valence-corrected chi connectivity index (χ3v) is 4.42. The summed E-state index contributed by atoms with van der Waals surface area (Å²) in [5, 5.41) is 20.9. The van der Waals surface area contributed by atoms with Crippen LogP contribution >= 0.6 is 22.6 Å². The number of aliphatic hydroxyl groups excluding tert-OH is 2. The Labute approximate surface area is 128 Å². The first-order valence-electron chi connectivity index (χ1n) is 6.32. The quantitative estimate of drug-likeness (QED) is 0.651. The van der Waals surface area contributed by atoms with E-state index in [0.29, 0.717) is 17.9 Å². The molecule has 8 heteroatoms. The maximum absolute atomic E-state index is 10.2. The van der Waals surface area contributed by atoms with Crippen LogP contribution in [0.1, 0.15) is 19.6 Å². The molecule has 1 unspecified atom stereocenters. The van der Waals surface area contributed by atoms with Crippen molar-refractivity contribution in [3.63, 3.8) is 0 Å². The summed E-state index contributed by atoms with van der Waals surface area (Å²) in [6, 6.07) is 0. The first-order valence-corrected chi connectivity index (χ1v) is 7.40. The molecule has 0 radical (unpaired) electrons. The van der Waals surface area contributed by atoms with Crippen LogP contribution < -0.4 is 5.73 Å². The molecule has 2 aromatic heterocycles. The van der Waals surface area contributed by atoms with Gasteiger partial charge in [-0.1, -0.05) is 6.92 Å². The lowest BCUT2D eigenvalue weighted by atomic mass is 10.1. The zero-order valence-corrected chi connectivity index (χ0v) is 12.9.